The average molecular weight is 176 g/mol. The van der Waals surface area contributed by atoms with E-state index in [-0.39, 0.29) is 0 Å². The first-order valence-electron chi connectivity index (χ1n) is 4.71. The van der Waals surface area contributed by atoms with E-state index in [1.165, 1.54) is 5.56 Å². The Balaban J connectivity index is 1.98. The zero-order valence-electron chi connectivity index (χ0n) is 7.36. The summed E-state index contributed by atoms with van der Waals surface area (Å²) in [4.78, 5) is 0. The first kappa shape index (κ1) is 7.39. The van der Waals surface area contributed by atoms with Gasteiger partial charge in [0.15, 0.2) is 0 Å². The van der Waals surface area contributed by atoms with Gasteiger partial charge in [0.25, 0.3) is 0 Å². The van der Waals surface area contributed by atoms with Gasteiger partial charge in [-0.2, -0.15) is 0 Å². The molecule has 2 heteroatoms. The SMILES string of the molecule is O[C@]12COc3ccccc3C[C@H]1C2. The van der Waals surface area contributed by atoms with Gasteiger partial charge in [0.1, 0.15) is 18.0 Å². The lowest BCUT2D eigenvalue weighted by atomic mass is 10.1. The van der Waals surface area contributed by atoms with E-state index in [0.717, 1.165) is 18.6 Å². The molecule has 2 aliphatic rings. The highest BCUT2D eigenvalue weighted by atomic mass is 16.5. The second-order valence-electron chi connectivity index (χ2n) is 4.11. The molecular weight excluding hydrogens is 164 g/mol. The van der Waals surface area contributed by atoms with Gasteiger partial charge in [-0.1, -0.05) is 18.2 Å². The van der Waals surface area contributed by atoms with Crippen molar-refractivity contribution in [3.05, 3.63) is 29.8 Å². The summed E-state index contributed by atoms with van der Waals surface area (Å²) in [5, 5.41) is 9.88. The van der Waals surface area contributed by atoms with E-state index in [1.807, 2.05) is 18.2 Å². The molecule has 1 aromatic carbocycles. The summed E-state index contributed by atoms with van der Waals surface area (Å²) in [6.07, 6.45) is 1.87. The number of hydrogen-bond donors (Lipinski definition) is 1. The number of fused-ring (bicyclic) bond motifs is 2. The van der Waals surface area contributed by atoms with Crippen LogP contribution in [0.15, 0.2) is 24.3 Å². The van der Waals surface area contributed by atoms with Gasteiger partial charge in [0, 0.05) is 0 Å². The molecule has 0 bridgehead atoms. The minimum atomic E-state index is -0.515. The van der Waals surface area contributed by atoms with Gasteiger partial charge in [0.2, 0.25) is 0 Å². The monoisotopic (exact) mass is 176 g/mol. The number of aliphatic hydroxyl groups is 1. The van der Waals surface area contributed by atoms with Crippen molar-refractivity contribution < 1.29 is 9.84 Å². The van der Waals surface area contributed by atoms with E-state index in [9.17, 15) is 5.11 Å². The molecule has 1 aromatic rings. The van der Waals surface area contributed by atoms with Crippen LogP contribution < -0.4 is 4.74 Å². The molecule has 68 valence electrons. The maximum atomic E-state index is 9.88. The minimum Gasteiger partial charge on any atom is -0.490 e. The zero-order valence-corrected chi connectivity index (χ0v) is 7.36. The van der Waals surface area contributed by atoms with Crippen LogP contribution in [-0.2, 0) is 6.42 Å². The smallest absolute Gasteiger partial charge is 0.122 e. The maximum Gasteiger partial charge on any atom is 0.122 e. The normalized spacial score (nSPS) is 35.3. The molecular formula is C11H12O2. The largest absolute Gasteiger partial charge is 0.490 e. The van der Waals surface area contributed by atoms with Crippen LogP contribution in [0.1, 0.15) is 12.0 Å². The molecule has 1 saturated carbocycles. The Labute approximate surface area is 77.2 Å². The van der Waals surface area contributed by atoms with Gasteiger partial charge in [-0.15, -0.1) is 0 Å². The molecule has 0 saturated heterocycles. The predicted octanol–water partition coefficient (Wildman–Crippen LogP) is 1.37. The van der Waals surface area contributed by atoms with Crippen molar-refractivity contribution in [1.29, 1.82) is 0 Å². The van der Waals surface area contributed by atoms with Gasteiger partial charge in [0.05, 0.1) is 0 Å². The molecule has 0 amide bonds. The summed E-state index contributed by atoms with van der Waals surface area (Å²) in [6.45, 7) is 0.467. The topological polar surface area (TPSA) is 29.5 Å². The van der Waals surface area contributed by atoms with Crippen molar-refractivity contribution in [2.45, 2.75) is 18.4 Å². The minimum absolute atomic E-state index is 0.427. The first-order valence-corrected chi connectivity index (χ1v) is 4.71. The highest BCUT2D eigenvalue weighted by Gasteiger charge is 2.54. The summed E-state index contributed by atoms with van der Waals surface area (Å²) >= 11 is 0. The molecule has 1 fully saturated rings. The molecule has 2 atom stereocenters. The van der Waals surface area contributed by atoms with Crippen LogP contribution >= 0.6 is 0 Å². The van der Waals surface area contributed by atoms with E-state index in [0.29, 0.717) is 12.5 Å². The lowest BCUT2D eigenvalue weighted by Crippen LogP contribution is -2.20. The highest BCUT2D eigenvalue weighted by molar-refractivity contribution is 5.36. The van der Waals surface area contributed by atoms with Crippen molar-refractivity contribution in [2.24, 2.45) is 5.92 Å². The summed E-state index contributed by atoms with van der Waals surface area (Å²) in [7, 11) is 0. The molecule has 13 heavy (non-hydrogen) atoms. The zero-order chi connectivity index (χ0) is 8.89. The van der Waals surface area contributed by atoms with Crippen LogP contribution in [0.5, 0.6) is 5.75 Å². The van der Waals surface area contributed by atoms with E-state index >= 15 is 0 Å². The van der Waals surface area contributed by atoms with E-state index in [2.05, 4.69) is 6.07 Å². The molecule has 1 aliphatic heterocycles. The first-order chi connectivity index (χ1) is 6.28. The predicted molar refractivity (Wildman–Crippen MR) is 48.7 cm³/mol. The Morgan fingerprint density at radius 3 is 3.15 bits per heavy atom. The number of ether oxygens (including phenoxy) is 1. The molecule has 1 heterocycles. The highest BCUT2D eigenvalue weighted by Crippen LogP contribution is 2.48. The lowest BCUT2D eigenvalue weighted by molar-refractivity contribution is 0.0760. The van der Waals surface area contributed by atoms with E-state index in [1.54, 1.807) is 0 Å². The number of rotatable bonds is 0. The van der Waals surface area contributed by atoms with Crippen molar-refractivity contribution >= 4 is 0 Å². The third-order valence-electron chi connectivity index (χ3n) is 3.12. The van der Waals surface area contributed by atoms with Crippen LogP contribution in [0, 0.1) is 5.92 Å². The quantitative estimate of drug-likeness (QED) is 0.647. The van der Waals surface area contributed by atoms with Gasteiger partial charge in [-0.05, 0) is 30.4 Å². The van der Waals surface area contributed by atoms with Crippen molar-refractivity contribution in [2.75, 3.05) is 6.61 Å². The fraction of sp³-hybridized carbons (Fsp3) is 0.455. The second-order valence-corrected chi connectivity index (χ2v) is 4.11. The fourth-order valence-electron chi connectivity index (χ4n) is 2.09. The third-order valence-corrected chi connectivity index (χ3v) is 3.12. The molecule has 1 N–H and O–H groups in total. The maximum absolute atomic E-state index is 9.88. The molecule has 0 unspecified atom stereocenters. The van der Waals surface area contributed by atoms with Gasteiger partial charge in [-0.25, -0.2) is 0 Å². The Bertz CT molecular complexity index is 348. The number of para-hydroxylation sites is 1. The van der Waals surface area contributed by atoms with Gasteiger partial charge >= 0.3 is 0 Å². The Hall–Kier alpha value is -1.02. The van der Waals surface area contributed by atoms with E-state index in [4.69, 9.17) is 4.74 Å². The van der Waals surface area contributed by atoms with Crippen molar-refractivity contribution in [3.63, 3.8) is 0 Å². The Kier molecular flexibility index (Phi) is 1.29. The third kappa shape index (κ3) is 1.05. The number of hydrogen-bond acceptors (Lipinski definition) is 2. The standard InChI is InChI=1S/C11H12O2/c12-11-6-9(11)5-8-3-1-2-4-10(8)13-7-11/h1-4,9,12H,5-7H2/t9-,11+/m0/s1. The van der Waals surface area contributed by atoms with Crippen molar-refractivity contribution in [1.82, 2.24) is 0 Å². The molecule has 0 radical (unpaired) electrons. The summed E-state index contributed by atoms with van der Waals surface area (Å²) < 4.78 is 5.56. The van der Waals surface area contributed by atoms with Gasteiger partial charge < -0.3 is 9.84 Å². The Morgan fingerprint density at radius 2 is 2.23 bits per heavy atom. The molecule has 0 aromatic heterocycles. The molecule has 1 aliphatic carbocycles. The van der Waals surface area contributed by atoms with Crippen LogP contribution in [0.2, 0.25) is 0 Å². The van der Waals surface area contributed by atoms with Crippen LogP contribution in [0.4, 0.5) is 0 Å². The van der Waals surface area contributed by atoms with Crippen molar-refractivity contribution in [3.8, 4) is 5.75 Å². The van der Waals surface area contributed by atoms with Crippen LogP contribution in [0.3, 0.4) is 0 Å². The summed E-state index contributed by atoms with van der Waals surface area (Å²) in [6, 6.07) is 8.05. The molecule has 3 rings (SSSR count). The average Bonchev–Trinajstić information content (AvgIpc) is 2.76. The Morgan fingerprint density at radius 1 is 1.38 bits per heavy atom. The second kappa shape index (κ2) is 2.26. The molecule has 0 spiro atoms. The van der Waals surface area contributed by atoms with Crippen LogP contribution in [0.25, 0.3) is 0 Å². The van der Waals surface area contributed by atoms with E-state index < -0.39 is 5.60 Å². The van der Waals surface area contributed by atoms with Gasteiger partial charge in [-0.3, -0.25) is 0 Å². The summed E-state index contributed by atoms with van der Waals surface area (Å²) in [5.74, 6) is 1.37. The summed E-state index contributed by atoms with van der Waals surface area (Å²) in [5.41, 5.74) is 0.722. The lowest BCUT2D eigenvalue weighted by Gasteiger charge is -2.09. The van der Waals surface area contributed by atoms with Crippen LogP contribution in [-0.4, -0.2) is 17.3 Å². The number of benzene rings is 1. The fourth-order valence-corrected chi connectivity index (χ4v) is 2.09. The molecule has 2 nitrogen and oxygen atoms in total.